The lowest BCUT2D eigenvalue weighted by molar-refractivity contribution is -0.120. The molecule has 0 unspecified atom stereocenters. The van der Waals surface area contributed by atoms with E-state index in [1.165, 1.54) is 41.8 Å². The summed E-state index contributed by atoms with van der Waals surface area (Å²) >= 11 is 5.92. The van der Waals surface area contributed by atoms with Gasteiger partial charge < -0.3 is 5.32 Å². The van der Waals surface area contributed by atoms with Crippen LogP contribution in [-0.4, -0.2) is 20.9 Å². The molecule has 0 radical (unpaired) electrons. The van der Waals surface area contributed by atoms with Gasteiger partial charge in [0, 0.05) is 0 Å². The third-order valence-corrected chi connectivity index (χ3v) is 8.14. The Hall–Kier alpha value is -2.90. The summed E-state index contributed by atoms with van der Waals surface area (Å²) in [5.74, 6) is -1.15. The minimum atomic E-state index is -4.10. The van der Waals surface area contributed by atoms with E-state index >= 15 is 0 Å². The van der Waals surface area contributed by atoms with Crippen molar-refractivity contribution in [3.05, 3.63) is 94.3 Å². The number of aryl methyl sites for hydroxylation is 2. The molecular formula is C26H26ClFN2O3S. The van der Waals surface area contributed by atoms with E-state index in [4.69, 9.17) is 11.6 Å². The number of anilines is 1. The van der Waals surface area contributed by atoms with Crippen molar-refractivity contribution in [2.75, 3.05) is 10.8 Å². The highest BCUT2D eigenvalue weighted by atomic mass is 35.5. The molecule has 0 aliphatic heterocycles. The van der Waals surface area contributed by atoms with E-state index in [9.17, 15) is 17.6 Å². The van der Waals surface area contributed by atoms with Gasteiger partial charge in [0.15, 0.2) is 0 Å². The highest BCUT2D eigenvalue weighted by molar-refractivity contribution is 7.92. The molecule has 1 amide bonds. The first-order valence-corrected chi connectivity index (χ1v) is 13.0. The summed E-state index contributed by atoms with van der Waals surface area (Å²) in [5, 5.41) is 2.67. The molecule has 0 aromatic heterocycles. The summed E-state index contributed by atoms with van der Waals surface area (Å²) in [6.07, 6.45) is 4.45. The van der Waals surface area contributed by atoms with Crippen molar-refractivity contribution in [1.82, 2.24) is 5.32 Å². The number of rotatable bonds is 7. The zero-order valence-electron chi connectivity index (χ0n) is 18.8. The molecule has 5 nitrogen and oxygen atoms in total. The number of sulfonamides is 1. The van der Waals surface area contributed by atoms with Crippen LogP contribution >= 0.6 is 11.6 Å². The molecule has 0 bridgehead atoms. The number of hydrogen-bond donors (Lipinski definition) is 1. The van der Waals surface area contributed by atoms with Gasteiger partial charge in [-0.1, -0.05) is 48.0 Å². The number of hydrogen-bond acceptors (Lipinski definition) is 3. The summed E-state index contributed by atoms with van der Waals surface area (Å²) in [4.78, 5) is 13.0. The first-order chi connectivity index (χ1) is 16.3. The van der Waals surface area contributed by atoms with Gasteiger partial charge in [0.25, 0.3) is 10.0 Å². The normalized spacial score (nSPS) is 14.2. The molecule has 3 aromatic carbocycles. The summed E-state index contributed by atoms with van der Waals surface area (Å²) in [6, 6.07) is 17.3. The predicted octanol–water partition coefficient (Wildman–Crippen LogP) is 5.43. The Bertz CT molecular complexity index is 1300. The number of nitrogens with zero attached hydrogens (tertiary/aromatic N) is 1. The van der Waals surface area contributed by atoms with Crippen molar-refractivity contribution >= 4 is 33.2 Å². The second kappa shape index (κ2) is 10.2. The molecule has 34 heavy (non-hydrogen) atoms. The van der Waals surface area contributed by atoms with E-state index in [-0.39, 0.29) is 21.6 Å². The van der Waals surface area contributed by atoms with Crippen molar-refractivity contribution in [2.24, 2.45) is 0 Å². The van der Waals surface area contributed by atoms with Crippen LogP contribution in [0, 0.1) is 5.82 Å². The fourth-order valence-corrected chi connectivity index (χ4v) is 5.81. The van der Waals surface area contributed by atoms with Crippen LogP contribution in [0.4, 0.5) is 10.1 Å². The molecule has 8 heteroatoms. The van der Waals surface area contributed by atoms with Crippen LogP contribution < -0.4 is 9.62 Å². The Balaban J connectivity index is 1.58. The Morgan fingerprint density at radius 1 is 1.03 bits per heavy atom. The minimum absolute atomic E-state index is 0.0194. The third-order valence-electron chi connectivity index (χ3n) is 6.06. The van der Waals surface area contributed by atoms with Gasteiger partial charge in [-0.15, -0.1) is 0 Å². The van der Waals surface area contributed by atoms with Crippen molar-refractivity contribution < 1.29 is 17.6 Å². The molecule has 3 aromatic rings. The number of halogens is 2. The Morgan fingerprint density at radius 3 is 2.44 bits per heavy atom. The number of nitrogens with one attached hydrogen (secondary N) is 1. The first kappa shape index (κ1) is 24.2. The molecule has 178 valence electrons. The summed E-state index contributed by atoms with van der Waals surface area (Å²) < 4.78 is 41.5. The van der Waals surface area contributed by atoms with Crippen LogP contribution in [0.5, 0.6) is 0 Å². The van der Waals surface area contributed by atoms with E-state index in [0.717, 1.165) is 35.2 Å². The van der Waals surface area contributed by atoms with Crippen molar-refractivity contribution in [2.45, 2.75) is 43.5 Å². The van der Waals surface area contributed by atoms with Gasteiger partial charge >= 0.3 is 0 Å². The lowest BCUT2D eigenvalue weighted by atomic mass is 9.89. The van der Waals surface area contributed by atoms with Gasteiger partial charge in [-0.05, 0) is 79.6 Å². The monoisotopic (exact) mass is 500 g/mol. The molecule has 1 aliphatic carbocycles. The van der Waals surface area contributed by atoms with Gasteiger partial charge in [0.05, 0.1) is 21.6 Å². The van der Waals surface area contributed by atoms with Gasteiger partial charge in [0.1, 0.15) is 12.4 Å². The van der Waals surface area contributed by atoms with Crippen LogP contribution in [0.15, 0.2) is 71.6 Å². The van der Waals surface area contributed by atoms with Gasteiger partial charge in [-0.3, -0.25) is 9.10 Å². The molecule has 1 aliphatic rings. The van der Waals surface area contributed by atoms with E-state index in [2.05, 4.69) is 17.4 Å². The second-order valence-corrected chi connectivity index (χ2v) is 10.7. The van der Waals surface area contributed by atoms with Crippen molar-refractivity contribution in [1.29, 1.82) is 0 Å². The molecule has 0 spiro atoms. The molecule has 1 atom stereocenters. The Morgan fingerprint density at radius 2 is 1.74 bits per heavy atom. The average molecular weight is 501 g/mol. The van der Waals surface area contributed by atoms with Crippen LogP contribution in [0.1, 0.15) is 42.5 Å². The average Bonchev–Trinajstić information content (AvgIpc) is 2.84. The quantitative estimate of drug-likeness (QED) is 0.470. The maximum absolute atomic E-state index is 13.7. The highest BCUT2D eigenvalue weighted by Gasteiger charge is 2.28. The number of benzene rings is 3. The first-order valence-electron chi connectivity index (χ1n) is 11.2. The maximum atomic E-state index is 13.7. The van der Waals surface area contributed by atoms with Crippen LogP contribution in [-0.2, 0) is 27.7 Å². The fraction of sp³-hybridized carbons (Fsp3) is 0.269. The summed E-state index contributed by atoms with van der Waals surface area (Å²) in [7, 11) is -4.10. The number of amides is 1. The topological polar surface area (TPSA) is 66.5 Å². The van der Waals surface area contributed by atoms with Gasteiger partial charge in [-0.25, -0.2) is 12.8 Å². The third kappa shape index (κ3) is 5.26. The lowest BCUT2D eigenvalue weighted by Crippen LogP contribution is -2.41. The Labute approximate surface area is 204 Å². The minimum Gasteiger partial charge on any atom is -0.348 e. The summed E-state index contributed by atoms with van der Waals surface area (Å²) in [5.41, 5.74) is 3.73. The molecule has 0 saturated carbocycles. The largest absolute Gasteiger partial charge is 0.348 e. The zero-order valence-corrected chi connectivity index (χ0v) is 20.4. The number of fused-ring (bicyclic) bond motifs is 1. The van der Waals surface area contributed by atoms with Crippen LogP contribution in [0.25, 0.3) is 0 Å². The number of carbonyl (C=O) groups excluding carboxylic acids is 1. The van der Waals surface area contributed by atoms with Gasteiger partial charge in [-0.2, -0.15) is 0 Å². The van der Waals surface area contributed by atoms with E-state index in [0.29, 0.717) is 0 Å². The van der Waals surface area contributed by atoms with Crippen LogP contribution in [0.3, 0.4) is 0 Å². The molecule has 4 rings (SSSR count). The molecule has 0 fully saturated rings. The lowest BCUT2D eigenvalue weighted by Gasteiger charge is -2.25. The zero-order chi connectivity index (χ0) is 24.3. The molecule has 0 saturated heterocycles. The van der Waals surface area contributed by atoms with Gasteiger partial charge in [0.2, 0.25) is 5.91 Å². The molecule has 0 heterocycles. The highest BCUT2D eigenvalue weighted by Crippen LogP contribution is 2.28. The summed E-state index contributed by atoms with van der Waals surface area (Å²) in [6.45, 7) is 1.39. The predicted molar refractivity (Wildman–Crippen MR) is 132 cm³/mol. The van der Waals surface area contributed by atoms with E-state index in [1.807, 2.05) is 13.0 Å². The fourth-order valence-electron chi connectivity index (χ4n) is 4.20. The maximum Gasteiger partial charge on any atom is 0.264 e. The Kier molecular flexibility index (Phi) is 7.24. The number of carbonyl (C=O) groups is 1. The smallest absolute Gasteiger partial charge is 0.264 e. The van der Waals surface area contributed by atoms with Crippen molar-refractivity contribution in [3.63, 3.8) is 0 Å². The van der Waals surface area contributed by atoms with Crippen molar-refractivity contribution in [3.8, 4) is 0 Å². The SMILES string of the molecule is C[C@@H](NC(=O)CN(c1ccc(F)c(Cl)c1)S(=O)(=O)c1ccccc1)c1ccc2c(c1)CCCC2. The molecule has 1 N–H and O–H groups in total. The van der Waals surface area contributed by atoms with E-state index < -0.39 is 28.3 Å². The standard InChI is InChI=1S/C26H26ClFN2O3S/c1-18(20-12-11-19-7-5-6-8-21(19)15-20)29-26(31)17-30(22-13-14-25(28)24(27)16-22)34(32,33)23-9-3-2-4-10-23/h2-4,9-16,18H,5-8,17H2,1H3,(H,29,31)/t18-/m1/s1. The van der Waals surface area contributed by atoms with E-state index in [1.54, 1.807) is 18.2 Å². The van der Waals surface area contributed by atoms with Crippen LogP contribution in [0.2, 0.25) is 5.02 Å². The second-order valence-electron chi connectivity index (χ2n) is 8.45. The molecular weight excluding hydrogens is 475 g/mol.